The van der Waals surface area contributed by atoms with Gasteiger partial charge >= 0.3 is 5.91 Å². The first-order valence-corrected chi connectivity index (χ1v) is 14.5. The van der Waals surface area contributed by atoms with Crippen LogP contribution in [0, 0.1) is 34.8 Å². The smallest absolute Gasteiger partial charge is 0.279 e. The highest BCUT2D eigenvalue weighted by Crippen LogP contribution is 2.46. The molecule has 0 fully saturated rings. The lowest BCUT2D eigenvalue weighted by molar-refractivity contribution is 0.100. The lowest BCUT2D eigenvalue weighted by Crippen LogP contribution is -1.96. The molecule has 1 amide bonds. The van der Waals surface area contributed by atoms with Crippen molar-refractivity contribution >= 4 is 40.4 Å². The number of hydrogen-bond donors (Lipinski definition) is 0. The summed E-state index contributed by atoms with van der Waals surface area (Å²) in [5.74, 6) is -2.08. The second kappa shape index (κ2) is 11.9. The van der Waals surface area contributed by atoms with Crippen LogP contribution in [0.2, 0.25) is 5.02 Å². The first-order chi connectivity index (χ1) is 21.3. The lowest BCUT2D eigenvalue weighted by atomic mass is 9.93. The second-order valence-corrected chi connectivity index (χ2v) is 11.5. The molecule has 0 aliphatic rings. The lowest BCUT2D eigenvalue weighted by Gasteiger charge is -2.15. The summed E-state index contributed by atoms with van der Waals surface area (Å²) in [6.45, 7) is 1.99. The van der Waals surface area contributed by atoms with Crippen LogP contribution >= 0.6 is 23.5 Å². The summed E-state index contributed by atoms with van der Waals surface area (Å²) in [5, 5.41) is 13.2. The third-order valence-corrected chi connectivity index (χ3v) is 8.60. The first kappa shape index (κ1) is 29.0. The van der Waals surface area contributed by atoms with Gasteiger partial charge in [0.2, 0.25) is 0 Å². The summed E-state index contributed by atoms with van der Waals surface area (Å²) in [7, 11) is 0. The van der Waals surface area contributed by atoms with E-state index in [1.54, 1.807) is 18.2 Å². The molecule has 0 N–H and O–H groups in total. The van der Waals surface area contributed by atoms with Crippen molar-refractivity contribution in [1.29, 1.82) is 5.26 Å². The number of nitroso groups, excluding NO2 is 1. The molecule has 0 radical (unpaired) electrons. The second-order valence-electron chi connectivity index (χ2n) is 10.0. The van der Waals surface area contributed by atoms with E-state index in [9.17, 15) is 19.4 Å². The Hall–Kier alpha value is -5.10. The molecule has 0 unspecified atom stereocenters. The Morgan fingerprint density at radius 2 is 1.64 bits per heavy atom. The number of aryl methyl sites for hydroxylation is 1. The normalized spacial score (nSPS) is 11.0. The number of aromatic nitrogens is 1. The maximum atomic E-state index is 15.0. The summed E-state index contributed by atoms with van der Waals surface area (Å²) in [4.78, 5) is 23.5. The molecule has 0 saturated carbocycles. The van der Waals surface area contributed by atoms with Gasteiger partial charge in [0.05, 0.1) is 16.8 Å². The summed E-state index contributed by atoms with van der Waals surface area (Å²) in [6.07, 6.45) is 0. The Balaban J connectivity index is 1.66. The van der Waals surface area contributed by atoms with Crippen LogP contribution < -0.4 is 0 Å². The van der Waals surface area contributed by atoms with Crippen LogP contribution in [0.5, 0.6) is 0 Å². The molecule has 0 spiro atoms. The Labute approximate surface area is 260 Å². The van der Waals surface area contributed by atoms with E-state index in [1.807, 2.05) is 65.5 Å². The van der Waals surface area contributed by atoms with Crippen molar-refractivity contribution in [1.82, 2.24) is 3.97 Å². The molecule has 0 atom stereocenters. The Morgan fingerprint density at radius 3 is 2.36 bits per heavy atom. The van der Waals surface area contributed by atoms with E-state index in [-0.39, 0.29) is 16.1 Å². The van der Waals surface area contributed by atoms with Crippen LogP contribution in [0.1, 0.15) is 21.5 Å². The zero-order valence-electron chi connectivity index (χ0n) is 23.0. The number of carbonyl (C=O) groups excluding carboxylic acids is 1. The fraction of sp³-hybridized carbons (Fsp3) is 0.0286. The van der Waals surface area contributed by atoms with Crippen LogP contribution in [0.25, 0.3) is 44.4 Å². The van der Waals surface area contributed by atoms with Gasteiger partial charge in [-0.05, 0) is 79.0 Å². The van der Waals surface area contributed by atoms with E-state index in [1.165, 1.54) is 48.3 Å². The van der Waals surface area contributed by atoms with E-state index in [0.29, 0.717) is 44.4 Å². The largest absolute Gasteiger partial charge is 0.316 e. The van der Waals surface area contributed by atoms with Crippen LogP contribution in [0.3, 0.4) is 0 Å². The number of nitriles is 1. The highest BCUT2D eigenvalue weighted by Gasteiger charge is 2.25. The highest BCUT2D eigenvalue weighted by molar-refractivity contribution is 7.98. The summed E-state index contributed by atoms with van der Waals surface area (Å²) >= 11 is 7.97. The maximum absolute atomic E-state index is 15.0. The molecule has 0 aliphatic carbocycles. The van der Waals surface area contributed by atoms with Gasteiger partial charge in [-0.1, -0.05) is 65.7 Å². The van der Waals surface area contributed by atoms with E-state index < -0.39 is 17.5 Å². The minimum atomic E-state index is -0.926. The predicted octanol–water partition coefficient (Wildman–Crippen LogP) is 10.2. The number of fused-ring (bicyclic) bond motifs is 1. The van der Waals surface area contributed by atoms with E-state index in [0.717, 1.165) is 10.5 Å². The van der Waals surface area contributed by atoms with Gasteiger partial charge in [0, 0.05) is 48.3 Å². The van der Waals surface area contributed by atoms with Crippen molar-refractivity contribution in [3.63, 3.8) is 0 Å². The molecule has 0 saturated heterocycles. The molecule has 0 bridgehead atoms. The first-order valence-electron chi connectivity index (χ1n) is 13.3. The highest BCUT2D eigenvalue weighted by atomic mass is 35.5. The van der Waals surface area contributed by atoms with Crippen molar-refractivity contribution in [2.75, 3.05) is 0 Å². The molecule has 5 aromatic carbocycles. The monoisotopic (exact) mass is 619 g/mol. The summed E-state index contributed by atoms with van der Waals surface area (Å²) in [5.41, 5.74) is 5.10. The molecular weight excluding hydrogens is 600 g/mol. The van der Waals surface area contributed by atoms with Crippen LogP contribution in [0.4, 0.5) is 8.78 Å². The van der Waals surface area contributed by atoms with E-state index >= 15 is 4.39 Å². The van der Waals surface area contributed by atoms with Crippen LogP contribution in [0.15, 0.2) is 113 Å². The Morgan fingerprint density at radius 1 is 0.886 bits per heavy atom. The van der Waals surface area contributed by atoms with Gasteiger partial charge in [0.15, 0.2) is 0 Å². The van der Waals surface area contributed by atoms with E-state index in [2.05, 4.69) is 5.18 Å². The number of carbonyl (C=O) groups is 1. The molecule has 0 aliphatic heterocycles. The quantitative estimate of drug-likeness (QED) is 0.174. The van der Waals surface area contributed by atoms with Crippen LogP contribution in [-0.4, -0.2) is 9.88 Å². The summed E-state index contributed by atoms with van der Waals surface area (Å²) < 4.78 is 31.8. The number of benzene rings is 5. The van der Waals surface area contributed by atoms with Crippen molar-refractivity contribution in [2.24, 2.45) is 5.18 Å². The van der Waals surface area contributed by atoms with Gasteiger partial charge in [-0.15, -0.1) is 4.91 Å². The molecule has 44 heavy (non-hydrogen) atoms. The van der Waals surface area contributed by atoms with Gasteiger partial charge in [-0.3, -0.25) is 8.77 Å². The number of hydrogen-bond acceptors (Lipinski definition) is 4. The average molecular weight is 620 g/mol. The molecule has 5 nitrogen and oxygen atoms in total. The Kier molecular flexibility index (Phi) is 7.83. The number of amides is 1. The fourth-order valence-corrected chi connectivity index (χ4v) is 6.49. The van der Waals surface area contributed by atoms with Gasteiger partial charge in [0.1, 0.15) is 17.7 Å². The van der Waals surface area contributed by atoms with Crippen molar-refractivity contribution in [3.05, 3.63) is 141 Å². The number of rotatable bonds is 6. The standard InChI is InChI=1S/C35H20ClF2N3O2S/c1-20-8-12-25(13-9-20)44-41-32-15-11-24(37)18-28(32)33(27-6-3-7-31(38)29(27)19-39)34(41)22-5-2-4-21(16-22)26-14-10-23(17-30(26)36)35(42)40-43/h2-18H,1H3. The van der Waals surface area contributed by atoms with Crippen molar-refractivity contribution in [2.45, 2.75) is 11.8 Å². The molecule has 6 rings (SSSR count). The molecular formula is C35H20ClF2N3O2S. The van der Waals surface area contributed by atoms with Gasteiger partial charge < -0.3 is 0 Å². The predicted molar refractivity (Wildman–Crippen MR) is 170 cm³/mol. The average Bonchev–Trinajstić information content (AvgIpc) is 3.34. The molecule has 1 aromatic heterocycles. The molecule has 214 valence electrons. The summed E-state index contributed by atoms with van der Waals surface area (Å²) in [6, 6.07) is 30.7. The van der Waals surface area contributed by atoms with Gasteiger partial charge in [-0.25, -0.2) is 8.78 Å². The van der Waals surface area contributed by atoms with Crippen molar-refractivity contribution < 1.29 is 13.6 Å². The number of halogens is 3. The minimum Gasteiger partial charge on any atom is -0.279 e. The van der Waals surface area contributed by atoms with Crippen molar-refractivity contribution in [3.8, 4) is 39.6 Å². The van der Waals surface area contributed by atoms with Crippen LogP contribution in [-0.2, 0) is 0 Å². The SMILES string of the molecule is Cc1ccc(Sn2c(-c3cccc(-c4ccc(C(=O)N=O)cc4Cl)c3)c(-c3cccc(F)c3C#N)c3cc(F)ccc32)cc1. The zero-order valence-corrected chi connectivity index (χ0v) is 24.6. The third kappa shape index (κ3) is 5.28. The fourth-order valence-electron chi connectivity index (χ4n) is 5.18. The molecule has 6 aromatic rings. The minimum absolute atomic E-state index is 0.0685. The molecule has 1 heterocycles. The topological polar surface area (TPSA) is 75.2 Å². The zero-order chi connectivity index (χ0) is 31.0. The third-order valence-electron chi connectivity index (χ3n) is 7.25. The molecule has 9 heteroatoms. The van der Waals surface area contributed by atoms with E-state index in [4.69, 9.17) is 11.6 Å². The Bertz CT molecular complexity index is 2150. The maximum Gasteiger partial charge on any atom is 0.316 e. The van der Waals surface area contributed by atoms with Gasteiger partial charge in [-0.2, -0.15) is 5.26 Å². The van der Waals surface area contributed by atoms with Gasteiger partial charge in [0.25, 0.3) is 0 Å². The number of nitrogens with zero attached hydrogens (tertiary/aromatic N) is 3.